The van der Waals surface area contributed by atoms with Crippen molar-refractivity contribution in [2.45, 2.75) is 57.0 Å². The Bertz CT molecular complexity index is 596. The molecule has 6 heteroatoms. The van der Waals surface area contributed by atoms with Gasteiger partial charge in [-0.15, -0.1) is 0 Å². The lowest BCUT2D eigenvalue weighted by Crippen LogP contribution is -2.50. The molecule has 0 aromatic heterocycles. The Morgan fingerprint density at radius 2 is 1.76 bits per heavy atom. The molecule has 2 N–H and O–H groups in total. The Morgan fingerprint density at radius 1 is 1.04 bits per heavy atom. The topological polar surface area (TPSA) is 70.7 Å². The molecular weight excluding hydrogens is 318 g/mol. The Morgan fingerprint density at radius 3 is 2.44 bits per heavy atom. The molecule has 1 aliphatic heterocycles. The van der Waals surface area contributed by atoms with E-state index in [4.69, 9.17) is 4.74 Å². The van der Waals surface area contributed by atoms with Gasteiger partial charge in [-0.3, -0.25) is 4.79 Å². The highest BCUT2D eigenvalue weighted by Crippen LogP contribution is 2.22. The van der Waals surface area contributed by atoms with Crippen LogP contribution >= 0.6 is 0 Å². The van der Waals surface area contributed by atoms with E-state index in [9.17, 15) is 9.59 Å². The van der Waals surface area contributed by atoms with E-state index in [1.807, 2.05) is 0 Å². The number of likely N-dealkylation sites (tertiary alicyclic amines) is 1. The number of hydrogen-bond acceptors (Lipinski definition) is 3. The lowest BCUT2D eigenvalue weighted by atomic mass is 9.95. The highest BCUT2D eigenvalue weighted by atomic mass is 16.5. The number of nitrogens with one attached hydrogen (secondary N) is 2. The molecule has 0 spiro atoms. The second-order valence-electron chi connectivity index (χ2n) is 6.85. The van der Waals surface area contributed by atoms with E-state index in [2.05, 4.69) is 10.6 Å². The van der Waals surface area contributed by atoms with Gasteiger partial charge in [-0.05, 0) is 49.9 Å². The van der Waals surface area contributed by atoms with Crippen molar-refractivity contribution in [1.82, 2.24) is 10.2 Å². The molecule has 2 aliphatic rings. The predicted octanol–water partition coefficient (Wildman–Crippen LogP) is 3.14. The molecule has 6 nitrogen and oxygen atoms in total. The average molecular weight is 345 g/mol. The van der Waals surface area contributed by atoms with E-state index in [0.29, 0.717) is 12.2 Å². The van der Waals surface area contributed by atoms with Gasteiger partial charge in [0.2, 0.25) is 5.91 Å². The molecule has 3 amide bonds. The normalized spacial score (nSPS) is 21.0. The van der Waals surface area contributed by atoms with Crippen molar-refractivity contribution in [3.8, 4) is 5.75 Å². The lowest BCUT2D eigenvalue weighted by Gasteiger charge is -2.28. The molecule has 1 unspecified atom stereocenters. The summed E-state index contributed by atoms with van der Waals surface area (Å²) in [6, 6.07) is 6.88. The first kappa shape index (κ1) is 17.6. The standard InChI is InChI=1S/C19H27N3O3/c1-25-16-11-9-15(10-12-16)21-19(24)22-13-5-8-17(22)18(23)20-14-6-3-2-4-7-14/h9-12,14,17H,2-8,13H2,1H3,(H,20,23)(H,21,24). The number of ether oxygens (including phenoxy) is 1. The first-order valence-corrected chi connectivity index (χ1v) is 9.19. The fourth-order valence-electron chi connectivity index (χ4n) is 3.70. The van der Waals surface area contributed by atoms with E-state index in [-0.39, 0.29) is 24.0 Å². The Kier molecular flexibility index (Phi) is 5.79. The lowest BCUT2D eigenvalue weighted by molar-refractivity contribution is -0.125. The van der Waals surface area contributed by atoms with E-state index in [0.717, 1.165) is 31.4 Å². The number of amides is 3. The van der Waals surface area contributed by atoms with Crippen molar-refractivity contribution < 1.29 is 14.3 Å². The van der Waals surface area contributed by atoms with Crippen LogP contribution in [0.3, 0.4) is 0 Å². The van der Waals surface area contributed by atoms with Gasteiger partial charge in [0, 0.05) is 18.3 Å². The zero-order chi connectivity index (χ0) is 17.6. The molecule has 1 saturated heterocycles. The molecule has 3 rings (SSSR count). The van der Waals surface area contributed by atoms with Crippen LogP contribution in [-0.4, -0.2) is 42.6 Å². The summed E-state index contributed by atoms with van der Waals surface area (Å²) in [6.07, 6.45) is 7.31. The summed E-state index contributed by atoms with van der Waals surface area (Å²) in [5.41, 5.74) is 0.698. The number of methoxy groups -OCH3 is 1. The number of nitrogens with zero attached hydrogens (tertiary/aromatic N) is 1. The minimum atomic E-state index is -0.361. The third-order valence-electron chi connectivity index (χ3n) is 5.11. The zero-order valence-electron chi connectivity index (χ0n) is 14.8. The van der Waals surface area contributed by atoms with Crippen LogP contribution in [0.4, 0.5) is 10.5 Å². The third-order valence-corrected chi connectivity index (χ3v) is 5.11. The molecule has 0 radical (unpaired) electrons. The minimum Gasteiger partial charge on any atom is -0.497 e. The van der Waals surface area contributed by atoms with Crippen molar-refractivity contribution in [3.63, 3.8) is 0 Å². The summed E-state index contributed by atoms with van der Waals surface area (Å²) in [5.74, 6) is 0.734. The van der Waals surface area contributed by atoms with Crippen molar-refractivity contribution >= 4 is 17.6 Å². The van der Waals surface area contributed by atoms with Gasteiger partial charge in [0.15, 0.2) is 0 Å². The molecule has 25 heavy (non-hydrogen) atoms. The molecule has 136 valence electrons. The van der Waals surface area contributed by atoms with E-state index in [1.165, 1.54) is 19.3 Å². The first-order valence-electron chi connectivity index (χ1n) is 9.19. The summed E-state index contributed by atoms with van der Waals surface area (Å²) in [6.45, 7) is 0.616. The number of carbonyl (C=O) groups is 2. The largest absolute Gasteiger partial charge is 0.497 e. The summed E-state index contributed by atoms with van der Waals surface area (Å²) in [4.78, 5) is 26.9. The van der Waals surface area contributed by atoms with Crippen LogP contribution in [0.1, 0.15) is 44.9 Å². The number of carbonyl (C=O) groups excluding carboxylic acids is 2. The highest BCUT2D eigenvalue weighted by Gasteiger charge is 2.35. The number of benzene rings is 1. The van der Waals surface area contributed by atoms with Crippen molar-refractivity contribution in [2.75, 3.05) is 19.0 Å². The van der Waals surface area contributed by atoms with Gasteiger partial charge in [-0.1, -0.05) is 19.3 Å². The molecular formula is C19H27N3O3. The molecule has 1 aromatic carbocycles. The molecule has 1 atom stereocenters. The summed E-state index contributed by atoms with van der Waals surface area (Å²) in [7, 11) is 1.60. The molecule has 1 heterocycles. The Balaban J connectivity index is 1.57. The maximum atomic E-state index is 12.6. The van der Waals surface area contributed by atoms with Crippen LogP contribution in [0, 0.1) is 0 Å². The van der Waals surface area contributed by atoms with E-state index >= 15 is 0 Å². The second-order valence-corrected chi connectivity index (χ2v) is 6.85. The van der Waals surface area contributed by atoms with Gasteiger partial charge in [0.1, 0.15) is 11.8 Å². The molecule has 2 fully saturated rings. The Labute approximate surface area is 148 Å². The smallest absolute Gasteiger partial charge is 0.322 e. The van der Waals surface area contributed by atoms with Crippen molar-refractivity contribution in [2.24, 2.45) is 0 Å². The summed E-state index contributed by atoms with van der Waals surface area (Å²) in [5, 5.41) is 6.02. The maximum Gasteiger partial charge on any atom is 0.322 e. The number of hydrogen-bond donors (Lipinski definition) is 2. The SMILES string of the molecule is COc1ccc(NC(=O)N2CCCC2C(=O)NC2CCCCC2)cc1. The summed E-state index contributed by atoms with van der Waals surface area (Å²) >= 11 is 0. The maximum absolute atomic E-state index is 12.6. The molecule has 1 aromatic rings. The molecule has 0 bridgehead atoms. The van der Waals surface area contributed by atoms with Crippen LogP contribution in [0.5, 0.6) is 5.75 Å². The Hall–Kier alpha value is -2.24. The minimum absolute atomic E-state index is 0.00530. The first-order chi connectivity index (χ1) is 12.2. The van der Waals surface area contributed by atoms with Crippen molar-refractivity contribution in [3.05, 3.63) is 24.3 Å². The van der Waals surface area contributed by atoms with Gasteiger partial charge in [0.25, 0.3) is 0 Å². The fraction of sp³-hybridized carbons (Fsp3) is 0.579. The van der Waals surface area contributed by atoms with Gasteiger partial charge in [0.05, 0.1) is 7.11 Å². The highest BCUT2D eigenvalue weighted by molar-refractivity contribution is 5.94. The fourth-order valence-corrected chi connectivity index (χ4v) is 3.70. The number of rotatable bonds is 4. The van der Waals surface area contributed by atoms with E-state index in [1.54, 1.807) is 36.3 Å². The molecule has 1 saturated carbocycles. The van der Waals surface area contributed by atoms with Crippen LogP contribution in [0.2, 0.25) is 0 Å². The van der Waals surface area contributed by atoms with Gasteiger partial charge >= 0.3 is 6.03 Å². The second kappa shape index (κ2) is 8.23. The van der Waals surface area contributed by atoms with Crippen LogP contribution < -0.4 is 15.4 Å². The monoisotopic (exact) mass is 345 g/mol. The van der Waals surface area contributed by atoms with Crippen LogP contribution in [0.15, 0.2) is 24.3 Å². The van der Waals surface area contributed by atoms with Gasteiger partial charge in [-0.2, -0.15) is 0 Å². The van der Waals surface area contributed by atoms with Crippen LogP contribution in [0.25, 0.3) is 0 Å². The third kappa shape index (κ3) is 4.44. The zero-order valence-corrected chi connectivity index (χ0v) is 14.8. The van der Waals surface area contributed by atoms with E-state index < -0.39 is 0 Å². The molecule has 1 aliphatic carbocycles. The number of urea groups is 1. The summed E-state index contributed by atoms with van der Waals surface area (Å²) < 4.78 is 5.12. The predicted molar refractivity (Wildman–Crippen MR) is 96.8 cm³/mol. The van der Waals surface area contributed by atoms with Gasteiger partial charge < -0.3 is 20.3 Å². The van der Waals surface area contributed by atoms with Crippen LogP contribution in [-0.2, 0) is 4.79 Å². The van der Waals surface area contributed by atoms with Gasteiger partial charge in [-0.25, -0.2) is 4.79 Å². The number of anilines is 1. The van der Waals surface area contributed by atoms with Crippen molar-refractivity contribution in [1.29, 1.82) is 0 Å². The quantitative estimate of drug-likeness (QED) is 0.881. The average Bonchev–Trinajstić information content (AvgIpc) is 3.13.